The maximum atomic E-state index is 13.0. The third-order valence-electron chi connectivity index (χ3n) is 2.73. The normalized spacial score (nSPS) is 12.6. The van der Waals surface area contributed by atoms with Crippen LogP contribution < -0.4 is 5.32 Å². The summed E-state index contributed by atoms with van der Waals surface area (Å²) in [6, 6.07) is 6.85. The molecule has 0 fully saturated rings. The summed E-state index contributed by atoms with van der Waals surface area (Å²) in [5.41, 5.74) is 2.15. The van der Waals surface area contributed by atoms with Crippen LogP contribution >= 0.6 is 15.9 Å². The van der Waals surface area contributed by atoms with Gasteiger partial charge in [-0.25, -0.2) is 4.39 Å². The molecule has 2 aromatic rings. The van der Waals surface area contributed by atoms with Crippen molar-refractivity contribution < 1.29 is 8.81 Å². The maximum absolute atomic E-state index is 13.0. The molecule has 0 aliphatic carbocycles. The van der Waals surface area contributed by atoms with E-state index in [0.717, 1.165) is 22.0 Å². The fourth-order valence-electron chi connectivity index (χ4n) is 1.77. The second-order valence-corrected chi connectivity index (χ2v) is 4.69. The first kappa shape index (κ1) is 12.3. The summed E-state index contributed by atoms with van der Waals surface area (Å²) in [5, 5.41) is 3.22. The SMILES string of the molecule is CNC(Cc1ccc(F)cc1Br)c1ccoc1. The van der Waals surface area contributed by atoms with Gasteiger partial charge in [-0.3, -0.25) is 0 Å². The van der Waals surface area contributed by atoms with Crippen LogP contribution in [0.3, 0.4) is 0 Å². The monoisotopic (exact) mass is 297 g/mol. The van der Waals surface area contributed by atoms with Gasteiger partial charge in [-0.15, -0.1) is 0 Å². The molecule has 2 nitrogen and oxygen atoms in total. The molecule has 90 valence electrons. The highest BCUT2D eigenvalue weighted by Gasteiger charge is 2.13. The predicted molar refractivity (Wildman–Crippen MR) is 68.3 cm³/mol. The van der Waals surface area contributed by atoms with Crippen molar-refractivity contribution in [3.8, 4) is 0 Å². The number of hydrogen-bond donors (Lipinski definition) is 1. The minimum Gasteiger partial charge on any atom is -0.472 e. The summed E-state index contributed by atoms with van der Waals surface area (Å²) < 4.78 is 18.8. The predicted octanol–water partition coefficient (Wildman–Crippen LogP) is 3.68. The van der Waals surface area contributed by atoms with Crippen LogP contribution in [-0.2, 0) is 6.42 Å². The highest BCUT2D eigenvalue weighted by atomic mass is 79.9. The number of halogens is 2. The quantitative estimate of drug-likeness (QED) is 0.931. The molecule has 0 radical (unpaired) electrons. The summed E-state index contributed by atoms with van der Waals surface area (Å²) in [6.07, 6.45) is 4.15. The Hall–Kier alpha value is -1.13. The standard InChI is InChI=1S/C13H13BrFNO/c1-16-13(10-4-5-17-8-10)6-9-2-3-11(15)7-12(9)14/h2-5,7-8,13,16H,6H2,1H3. The topological polar surface area (TPSA) is 25.2 Å². The molecule has 1 aromatic heterocycles. The van der Waals surface area contributed by atoms with Crippen molar-refractivity contribution in [3.05, 3.63) is 58.2 Å². The van der Waals surface area contributed by atoms with Crippen molar-refractivity contribution in [1.29, 1.82) is 0 Å². The van der Waals surface area contributed by atoms with E-state index >= 15 is 0 Å². The van der Waals surface area contributed by atoms with Gasteiger partial charge in [-0.05, 0) is 37.2 Å². The molecule has 1 unspecified atom stereocenters. The van der Waals surface area contributed by atoms with Gasteiger partial charge in [0.25, 0.3) is 0 Å². The van der Waals surface area contributed by atoms with Crippen molar-refractivity contribution in [2.45, 2.75) is 12.5 Å². The van der Waals surface area contributed by atoms with Crippen molar-refractivity contribution >= 4 is 15.9 Å². The lowest BCUT2D eigenvalue weighted by Gasteiger charge is -2.15. The van der Waals surface area contributed by atoms with Gasteiger partial charge in [0.2, 0.25) is 0 Å². The van der Waals surface area contributed by atoms with Gasteiger partial charge in [-0.2, -0.15) is 0 Å². The van der Waals surface area contributed by atoms with Crippen molar-refractivity contribution in [3.63, 3.8) is 0 Å². The van der Waals surface area contributed by atoms with E-state index in [1.54, 1.807) is 18.6 Å². The number of likely N-dealkylation sites (N-methyl/N-ethyl adjacent to an activating group) is 1. The number of nitrogens with one attached hydrogen (secondary N) is 1. The van der Waals surface area contributed by atoms with E-state index in [9.17, 15) is 4.39 Å². The summed E-state index contributed by atoms with van der Waals surface area (Å²) in [7, 11) is 1.90. The maximum Gasteiger partial charge on any atom is 0.124 e. The molecular formula is C13H13BrFNO. The Morgan fingerprint density at radius 2 is 2.24 bits per heavy atom. The zero-order valence-corrected chi connectivity index (χ0v) is 11.0. The zero-order valence-electron chi connectivity index (χ0n) is 9.41. The molecule has 1 atom stereocenters. The summed E-state index contributed by atoms with van der Waals surface area (Å²) in [6.45, 7) is 0. The molecule has 0 bridgehead atoms. The van der Waals surface area contributed by atoms with Gasteiger partial charge in [0, 0.05) is 16.1 Å². The van der Waals surface area contributed by atoms with E-state index in [1.165, 1.54) is 12.1 Å². The van der Waals surface area contributed by atoms with Crippen LogP contribution in [0.4, 0.5) is 4.39 Å². The molecule has 4 heteroatoms. The summed E-state index contributed by atoms with van der Waals surface area (Å²) in [5.74, 6) is -0.232. The third-order valence-corrected chi connectivity index (χ3v) is 3.47. The average molecular weight is 298 g/mol. The molecule has 0 aliphatic rings. The molecule has 0 amide bonds. The first-order valence-electron chi connectivity index (χ1n) is 5.34. The molecule has 0 saturated carbocycles. The van der Waals surface area contributed by atoms with E-state index in [2.05, 4.69) is 21.2 Å². The van der Waals surface area contributed by atoms with Crippen LogP contribution in [0.1, 0.15) is 17.2 Å². The molecule has 2 rings (SSSR count). The van der Waals surface area contributed by atoms with Crippen molar-refractivity contribution in [2.24, 2.45) is 0 Å². The Kier molecular flexibility index (Phi) is 3.97. The summed E-state index contributed by atoms with van der Waals surface area (Å²) >= 11 is 3.38. The lowest BCUT2D eigenvalue weighted by atomic mass is 10.0. The van der Waals surface area contributed by atoms with E-state index in [4.69, 9.17) is 4.42 Å². The van der Waals surface area contributed by atoms with E-state index in [1.807, 2.05) is 13.1 Å². The summed E-state index contributed by atoms with van der Waals surface area (Å²) in [4.78, 5) is 0. The lowest BCUT2D eigenvalue weighted by molar-refractivity contribution is 0.541. The molecule has 17 heavy (non-hydrogen) atoms. The molecule has 0 saturated heterocycles. The molecular weight excluding hydrogens is 285 g/mol. The molecule has 0 aliphatic heterocycles. The van der Waals surface area contributed by atoms with E-state index in [-0.39, 0.29) is 11.9 Å². The first-order chi connectivity index (χ1) is 8.20. The van der Waals surface area contributed by atoms with Crippen molar-refractivity contribution in [1.82, 2.24) is 5.32 Å². The fraction of sp³-hybridized carbons (Fsp3) is 0.231. The van der Waals surface area contributed by atoms with Gasteiger partial charge in [0.15, 0.2) is 0 Å². The van der Waals surface area contributed by atoms with Crippen LogP contribution in [0.15, 0.2) is 45.7 Å². The zero-order chi connectivity index (χ0) is 12.3. The highest BCUT2D eigenvalue weighted by Crippen LogP contribution is 2.24. The largest absolute Gasteiger partial charge is 0.472 e. The Morgan fingerprint density at radius 1 is 1.41 bits per heavy atom. The average Bonchev–Trinajstić information content (AvgIpc) is 2.81. The molecule has 1 N–H and O–H groups in total. The van der Waals surface area contributed by atoms with Crippen LogP contribution in [0.2, 0.25) is 0 Å². The van der Waals surface area contributed by atoms with Crippen LogP contribution in [0.5, 0.6) is 0 Å². The lowest BCUT2D eigenvalue weighted by Crippen LogP contribution is -2.18. The highest BCUT2D eigenvalue weighted by molar-refractivity contribution is 9.10. The number of benzene rings is 1. The second kappa shape index (κ2) is 5.47. The minimum atomic E-state index is -0.232. The fourth-order valence-corrected chi connectivity index (χ4v) is 2.28. The Balaban J connectivity index is 2.19. The molecule has 0 spiro atoms. The molecule has 1 aromatic carbocycles. The number of hydrogen-bond acceptors (Lipinski definition) is 2. The van der Waals surface area contributed by atoms with Gasteiger partial charge in [0.1, 0.15) is 5.82 Å². The van der Waals surface area contributed by atoms with Gasteiger partial charge in [-0.1, -0.05) is 22.0 Å². The number of furan rings is 1. The smallest absolute Gasteiger partial charge is 0.124 e. The third kappa shape index (κ3) is 2.96. The minimum absolute atomic E-state index is 0.163. The van der Waals surface area contributed by atoms with E-state index in [0.29, 0.717) is 0 Å². The van der Waals surface area contributed by atoms with Gasteiger partial charge < -0.3 is 9.73 Å². The molecule has 1 heterocycles. The van der Waals surface area contributed by atoms with Crippen LogP contribution in [-0.4, -0.2) is 7.05 Å². The second-order valence-electron chi connectivity index (χ2n) is 3.84. The van der Waals surface area contributed by atoms with Crippen molar-refractivity contribution in [2.75, 3.05) is 7.05 Å². The van der Waals surface area contributed by atoms with Gasteiger partial charge in [0.05, 0.1) is 12.5 Å². The van der Waals surface area contributed by atoms with Gasteiger partial charge >= 0.3 is 0 Å². The Labute approximate surface area is 108 Å². The van der Waals surface area contributed by atoms with E-state index < -0.39 is 0 Å². The van der Waals surface area contributed by atoms with Crippen LogP contribution in [0, 0.1) is 5.82 Å². The first-order valence-corrected chi connectivity index (χ1v) is 6.13. The Morgan fingerprint density at radius 3 is 2.82 bits per heavy atom. The number of rotatable bonds is 4. The van der Waals surface area contributed by atoms with Crippen LogP contribution in [0.25, 0.3) is 0 Å². The Bertz CT molecular complexity index is 484.